The van der Waals surface area contributed by atoms with Gasteiger partial charge in [0.05, 0.1) is 0 Å². The highest BCUT2D eigenvalue weighted by atomic mass is 16.4. The Morgan fingerprint density at radius 3 is 1.16 bits per heavy atom. The van der Waals surface area contributed by atoms with Crippen LogP contribution in [0.2, 0.25) is 0 Å². The van der Waals surface area contributed by atoms with E-state index in [4.69, 9.17) is 10.2 Å². The van der Waals surface area contributed by atoms with E-state index in [0.717, 1.165) is 21.5 Å². The lowest BCUT2D eigenvalue weighted by Gasteiger charge is -2.25. The number of carboxylic acids is 2. The molecular formula is C30H30N2O6. The van der Waals surface area contributed by atoms with Gasteiger partial charge in [0.25, 0.3) is 0 Å². The summed E-state index contributed by atoms with van der Waals surface area (Å²) in [6, 6.07) is 24.7. The van der Waals surface area contributed by atoms with Crippen LogP contribution in [0, 0.1) is 0 Å². The minimum absolute atomic E-state index is 0.287. The minimum atomic E-state index is -1.02. The molecule has 0 heterocycles. The van der Waals surface area contributed by atoms with E-state index >= 15 is 0 Å². The molecule has 38 heavy (non-hydrogen) atoms. The lowest BCUT2D eigenvalue weighted by atomic mass is 10.1. The average Bonchev–Trinajstić information content (AvgIpc) is 2.88. The lowest BCUT2D eigenvalue weighted by Crippen LogP contribution is -2.42. The zero-order valence-corrected chi connectivity index (χ0v) is 21.7. The smallest absolute Gasteiger partial charge is 0.326 e. The van der Waals surface area contributed by atoms with E-state index in [2.05, 4.69) is 0 Å². The van der Waals surface area contributed by atoms with Crippen molar-refractivity contribution in [2.24, 2.45) is 0 Å². The number of carbonyl (C=O) groups excluding carboxylic acids is 2. The Morgan fingerprint density at radius 2 is 0.868 bits per heavy atom. The van der Waals surface area contributed by atoms with Crippen molar-refractivity contribution in [3.05, 3.63) is 84.9 Å². The molecule has 2 N–H and O–H groups in total. The first-order valence-corrected chi connectivity index (χ1v) is 12.0. The Bertz CT molecular complexity index is 1390. The molecular weight excluding hydrogens is 484 g/mol. The van der Waals surface area contributed by atoms with Gasteiger partial charge in [-0.1, -0.05) is 60.7 Å². The molecule has 0 saturated carbocycles. The largest absolute Gasteiger partial charge is 0.480 e. The maximum absolute atomic E-state index is 11.7. The lowest BCUT2D eigenvalue weighted by molar-refractivity contribution is -0.140. The summed E-state index contributed by atoms with van der Waals surface area (Å²) in [4.78, 5) is 48.1. The third-order valence-electron chi connectivity index (χ3n) is 6.19. The van der Waals surface area contributed by atoms with Crippen molar-refractivity contribution >= 4 is 56.7 Å². The van der Waals surface area contributed by atoms with Crippen LogP contribution in [0.5, 0.6) is 0 Å². The van der Waals surface area contributed by atoms with E-state index in [9.17, 15) is 19.2 Å². The summed E-state index contributed by atoms with van der Waals surface area (Å²) in [6.07, 6.45) is 0. The number of carboxylic acid groups (broad SMARTS) is 2. The molecule has 0 unspecified atom stereocenters. The Labute approximate surface area is 220 Å². The molecule has 0 aliphatic carbocycles. The molecule has 8 heteroatoms. The van der Waals surface area contributed by atoms with Crippen LogP contribution in [0.3, 0.4) is 0 Å². The Hall–Kier alpha value is -4.72. The van der Waals surface area contributed by atoms with E-state index in [1.807, 2.05) is 72.8 Å². The molecule has 4 aromatic rings. The molecule has 0 spiro atoms. The summed E-state index contributed by atoms with van der Waals surface area (Å²) >= 11 is 0. The van der Waals surface area contributed by atoms with Crippen LogP contribution >= 0.6 is 0 Å². The van der Waals surface area contributed by atoms with Crippen molar-refractivity contribution in [2.75, 3.05) is 9.80 Å². The second-order valence-corrected chi connectivity index (χ2v) is 8.87. The fourth-order valence-electron chi connectivity index (χ4n) is 4.23. The average molecular weight is 515 g/mol. The number of anilines is 2. The first-order valence-electron chi connectivity index (χ1n) is 12.0. The molecule has 4 rings (SSSR count). The number of carbonyl (C=O) groups is 4. The van der Waals surface area contributed by atoms with Crippen LogP contribution in [0.15, 0.2) is 84.9 Å². The van der Waals surface area contributed by atoms with E-state index in [1.165, 1.54) is 37.5 Å². The minimum Gasteiger partial charge on any atom is -0.480 e. The Balaban J connectivity index is 0.000000211. The van der Waals surface area contributed by atoms with E-state index in [1.54, 1.807) is 12.1 Å². The highest BCUT2D eigenvalue weighted by molar-refractivity contribution is 6.00. The molecule has 8 nitrogen and oxygen atoms in total. The van der Waals surface area contributed by atoms with E-state index in [-0.39, 0.29) is 11.8 Å². The summed E-state index contributed by atoms with van der Waals surface area (Å²) in [6.45, 7) is 5.74. The van der Waals surface area contributed by atoms with Gasteiger partial charge in [0.2, 0.25) is 11.8 Å². The molecule has 0 radical (unpaired) electrons. The number of aliphatic carboxylic acids is 2. The van der Waals surface area contributed by atoms with Gasteiger partial charge in [0, 0.05) is 25.2 Å². The third kappa shape index (κ3) is 6.34. The van der Waals surface area contributed by atoms with Crippen LogP contribution in [-0.2, 0) is 19.2 Å². The van der Waals surface area contributed by atoms with Crippen LogP contribution in [-0.4, -0.2) is 46.0 Å². The molecule has 0 aliphatic rings. The van der Waals surface area contributed by atoms with Gasteiger partial charge < -0.3 is 10.2 Å². The van der Waals surface area contributed by atoms with Crippen molar-refractivity contribution in [3.8, 4) is 0 Å². The second-order valence-electron chi connectivity index (χ2n) is 8.87. The number of hydrogen-bond donors (Lipinski definition) is 2. The summed E-state index contributed by atoms with van der Waals surface area (Å²) < 4.78 is 0. The summed E-state index contributed by atoms with van der Waals surface area (Å²) in [5.74, 6) is -2.62. The molecule has 196 valence electrons. The number of rotatable bonds is 6. The topological polar surface area (TPSA) is 115 Å². The molecule has 0 fully saturated rings. The highest BCUT2D eigenvalue weighted by Crippen LogP contribution is 2.25. The molecule has 2 atom stereocenters. The van der Waals surface area contributed by atoms with Crippen molar-refractivity contribution in [1.82, 2.24) is 0 Å². The maximum atomic E-state index is 11.7. The third-order valence-corrected chi connectivity index (χ3v) is 6.19. The van der Waals surface area contributed by atoms with Crippen LogP contribution < -0.4 is 9.80 Å². The predicted molar refractivity (Wildman–Crippen MR) is 148 cm³/mol. The van der Waals surface area contributed by atoms with Gasteiger partial charge in [-0.25, -0.2) is 9.59 Å². The maximum Gasteiger partial charge on any atom is 0.326 e. The van der Waals surface area contributed by atoms with Crippen LogP contribution in [0.4, 0.5) is 11.4 Å². The van der Waals surface area contributed by atoms with E-state index < -0.39 is 24.0 Å². The normalized spacial score (nSPS) is 12.1. The standard InChI is InChI=1S/2C15H15NO3/c2*1-10(15(18)19)16(11(2)17)14-8-7-12-5-3-4-6-13(12)9-14/h2*3-10H,1-2H3,(H,18,19)/t2*10-/m00/s1. The number of benzene rings is 4. The van der Waals surface area contributed by atoms with Gasteiger partial charge in [0.1, 0.15) is 12.1 Å². The Kier molecular flexibility index (Phi) is 8.81. The second kappa shape index (κ2) is 12.0. The zero-order valence-electron chi connectivity index (χ0n) is 21.7. The molecule has 0 aliphatic heterocycles. The summed E-state index contributed by atoms with van der Waals surface area (Å²) in [5.41, 5.74) is 1.20. The molecule has 0 saturated heterocycles. The van der Waals surface area contributed by atoms with E-state index in [0.29, 0.717) is 11.4 Å². The summed E-state index contributed by atoms with van der Waals surface area (Å²) in [7, 11) is 0. The van der Waals surface area contributed by atoms with Crippen LogP contribution in [0.25, 0.3) is 21.5 Å². The Morgan fingerprint density at radius 1 is 0.553 bits per heavy atom. The SMILES string of the molecule is CC(=O)N(c1ccc2ccccc2c1)[C@@H](C)C(=O)O.CC(=O)N(c1ccc2ccccc2c1)[C@@H](C)C(=O)O. The van der Waals surface area contributed by atoms with Crippen LogP contribution in [0.1, 0.15) is 27.7 Å². The van der Waals surface area contributed by atoms with Crippen molar-refractivity contribution in [2.45, 2.75) is 39.8 Å². The number of hydrogen-bond acceptors (Lipinski definition) is 4. The van der Waals surface area contributed by atoms with Crippen molar-refractivity contribution < 1.29 is 29.4 Å². The first-order chi connectivity index (χ1) is 18.0. The zero-order chi connectivity index (χ0) is 28.0. The molecule has 0 bridgehead atoms. The fraction of sp³-hybridized carbons (Fsp3) is 0.200. The van der Waals surface area contributed by atoms with Gasteiger partial charge in [-0.3, -0.25) is 19.4 Å². The fourth-order valence-corrected chi connectivity index (χ4v) is 4.23. The monoisotopic (exact) mass is 514 g/mol. The molecule has 2 amide bonds. The van der Waals surface area contributed by atoms with Crippen molar-refractivity contribution in [1.29, 1.82) is 0 Å². The first kappa shape index (κ1) is 27.9. The highest BCUT2D eigenvalue weighted by Gasteiger charge is 2.25. The van der Waals surface area contributed by atoms with Gasteiger partial charge in [-0.15, -0.1) is 0 Å². The number of nitrogens with zero attached hydrogens (tertiary/aromatic N) is 2. The molecule has 4 aromatic carbocycles. The van der Waals surface area contributed by atoms with Gasteiger partial charge in [-0.2, -0.15) is 0 Å². The van der Waals surface area contributed by atoms with Gasteiger partial charge in [0.15, 0.2) is 0 Å². The predicted octanol–water partition coefficient (Wildman–Crippen LogP) is 5.33. The van der Waals surface area contributed by atoms with Crippen molar-refractivity contribution in [3.63, 3.8) is 0 Å². The number of fused-ring (bicyclic) bond motifs is 2. The quantitative estimate of drug-likeness (QED) is 0.359. The van der Waals surface area contributed by atoms with Gasteiger partial charge in [-0.05, 0) is 59.7 Å². The van der Waals surface area contributed by atoms with Gasteiger partial charge >= 0.3 is 11.9 Å². The molecule has 0 aromatic heterocycles. The number of amides is 2. The summed E-state index contributed by atoms with van der Waals surface area (Å²) in [5, 5.41) is 22.2.